The van der Waals surface area contributed by atoms with Gasteiger partial charge in [-0.15, -0.1) is 0 Å². The van der Waals surface area contributed by atoms with Crippen LogP contribution < -0.4 is 4.90 Å². The van der Waals surface area contributed by atoms with Crippen molar-refractivity contribution in [3.8, 4) is 0 Å². The van der Waals surface area contributed by atoms with Gasteiger partial charge in [0.15, 0.2) is 0 Å². The zero-order chi connectivity index (χ0) is 27.6. The normalized spacial score (nSPS) is 15.2. The van der Waals surface area contributed by atoms with E-state index in [-0.39, 0.29) is 42.5 Å². The predicted octanol–water partition coefficient (Wildman–Crippen LogP) is 5.42. The number of hydrogen-bond donors (Lipinski definition) is 0. The van der Waals surface area contributed by atoms with Crippen molar-refractivity contribution in [2.75, 3.05) is 24.6 Å². The Balaban J connectivity index is 1.47. The molecule has 7 heteroatoms. The summed E-state index contributed by atoms with van der Waals surface area (Å²) in [5, 5.41) is 0. The number of likely N-dealkylation sites (tertiary alicyclic amines) is 1. The van der Waals surface area contributed by atoms with Gasteiger partial charge in [0, 0.05) is 24.9 Å². The first kappa shape index (κ1) is 27.8. The van der Waals surface area contributed by atoms with E-state index in [0.29, 0.717) is 30.9 Å². The van der Waals surface area contributed by atoms with Crippen LogP contribution in [0, 0.1) is 11.7 Å². The Labute approximate surface area is 228 Å². The van der Waals surface area contributed by atoms with E-state index in [2.05, 4.69) is 0 Å². The Hall–Kier alpha value is -4.26. The number of nitrogens with zero attached hydrogens (tertiary/aromatic N) is 2. The van der Waals surface area contributed by atoms with E-state index < -0.39 is 0 Å². The average molecular weight is 529 g/mol. The molecule has 0 aliphatic carbocycles. The maximum absolute atomic E-state index is 13.8. The van der Waals surface area contributed by atoms with E-state index >= 15 is 0 Å². The van der Waals surface area contributed by atoms with Crippen molar-refractivity contribution in [3.63, 3.8) is 0 Å². The minimum absolute atomic E-state index is 0.0461. The fraction of sp³-hybridized carbons (Fsp3) is 0.281. The van der Waals surface area contributed by atoms with Crippen molar-refractivity contribution >= 4 is 29.5 Å². The number of carbonyl (C=O) groups is 3. The second kappa shape index (κ2) is 13.5. The van der Waals surface area contributed by atoms with Gasteiger partial charge in [-0.25, -0.2) is 4.39 Å². The van der Waals surface area contributed by atoms with Crippen molar-refractivity contribution in [1.82, 2.24) is 4.90 Å². The zero-order valence-corrected chi connectivity index (χ0v) is 22.1. The smallest absolute Gasteiger partial charge is 0.310 e. The Morgan fingerprint density at radius 1 is 1.00 bits per heavy atom. The minimum Gasteiger partial charge on any atom is -0.466 e. The topological polar surface area (TPSA) is 66.9 Å². The summed E-state index contributed by atoms with van der Waals surface area (Å²) < 4.78 is 19.0. The molecule has 202 valence electrons. The van der Waals surface area contributed by atoms with Gasteiger partial charge in [-0.3, -0.25) is 14.4 Å². The summed E-state index contributed by atoms with van der Waals surface area (Å²) >= 11 is 0. The molecule has 0 aromatic heterocycles. The maximum Gasteiger partial charge on any atom is 0.310 e. The summed E-state index contributed by atoms with van der Waals surface area (Å²) in [7, 11) is 0. The molecule has 1 aliphatic rings. The molecule has 4 rings (SSSR count). The van der Waals surface area contributed by atoms with Gasteiger partial charge in [0.1, 0.15) is 5.82 Å². The molecule has 1 heterocycles. The first-order chi connectivity index (χ1) is 18.9. The van der Waals surface area contributed by atoms with Crippen LogP contribution >= 0.6 is 0 Å². The Kier molecular flexibility index (Phi) is 9.62. The van der Waals surface area contributed by atoms with Crippen molar-refractivity contribution in [2.45, 2.75) is 32.7 Å². The lowest BCUT2D eigenvalue weighted by atomic mass is 9.97. The van der Waals surface area contributed by atoms with Gasteiger partial charge in [0.2, 0.25) is 5.91 Å². The van der Waals surface area contributed by atoms with Crippen molar-refractivity contribution in [2.24, 2.45) is 5.92 Å². The molecule has 0 saturated carbocycles. The molecular weight excluding hydrogens is 495 g/mol. The van der Waals surface area contributed by atoms with Gasteiger partial charge < -0.3 is 14.5 Å². The van der Waals surface area contributed by atoms with Gasteiger partial charge in [0.25, 0.3) is 5.91 Å². The third-order valence-electron chi connectivity index (χ3n) is 6.71. The van der Waals surface area contributed by atoms with Gasteiger partial charge in [-0.1, -0.05) is 54.6 Å². The molecule has 0 N–H and O–H groups in total. The highest BCUT2D eigenvalue weighted by Crippen LogP contribution is 2.22. The van der Waals surface area contributed by atoms with E-state index in [1.165, 1.54) is 18.2 Å². The summed E-state index contributed by atoms with van der Waals surface area (Å²) in [5.41, 5.74) is 3.00. The van der Waals surface area contributed by atoms with Gasteiger partial charge in [-0.05, 0) is 66.8 Å². The van der Waals surface area contributed by atoms with Gasteiger partial charge in [0.05, 0.1) is 25.5 Å². The van der Waals surface area contributed by atoms with Crippen LogP contribution in [0.1, 0.15) is 36.5 Å². The molecule has 1 aliphatic heterocycles. The highest BCUT2D eigenvalue weighted by molar-refractivity contribution is 6.03. The lowest BCUT2D eigenvalue weighted by Crippen LogP contribution is -2.43. The standard InChI is InChI=1S/C32H33FN2O4/c1-2-39-32(38)27-11-7-19-34(23-27)31(37)21-25-13-16-29(17-14-25)35(22-26-10-6-12-28(33)20-26)30(36)18-15-24-8-4-3-5-9-24/h3-6,8-10,12-18,20,27H,2,7,11,19,21-23H2,1H3. The Bertz CT molecular complexity index is 1310. The number of piperidine rings is 1. The highest BCUT2D eigenvalue weighted by atomic mass is 19.1. The van der Waals surface area contributed by atoms with E-state index in [9.17, 15) is 18.8 Å². The molecule has 2 amide bonds. The first-order valence-corrected chi connectivity index (χ1v) is 13.3. The van der Waals surface area contributed by atoms with Crippen molar-refractivity contribution < 1.29 is 23.5 Å². The van der Waals surface area contributed by atoms with Crippen LogP contribution in [0.4, 0.5) is 10.1 Å². The lowest BCUT2D eigenvalue weighted by Gasteiger charge is -2.31. The molecule has 39 heavy (non-hydrogen) atoms. The number of halogens is 1. The lowest BCUT2D eigenvalue weighted by molar-refractivity contribution is -0.151. The van der Waals surface area contributed by atoms with Crippen LogP contribution in [0.15, 0.2) is 84.9 Å². The quantitative estimate of drug-likeness (QED) is 0.275. The molecule has 1 atom stereocenters. The Morgan fingerprint density at radius 2 is 1.77 bits per heavy atom. The fourth-order valence-electron chi connectivity index (χ4n) is 4.67. The average Bonchev–Trinajstić information content (AvgIpc) is 2.96. The third kappa shape index (κ3) is 7.87. The van der Waals surface area contributed by atoms with Gasteiger partial charge in [-0.2, -0.15) is 0 Å². The summed E-state index contributed by atoms with van der Waals surface area (Å²) in [6.07, 6.45) is 4.94. The molecule has 1 unspecified atom stereocenters. The molecule has 3 aromatic carbocycles. The molecule has 3 aromatic rings. The number of anilines is 1. The third-order valence-corrected chi connectivity index (χ3v) is 6.71. The van der Waals surface area contributed by atoms with Crippen LogP contribution in [-0.4, -0.2) is 42.4 Å². The summed E-state index contributed by atoms with van der Waals surface area (Å²) in [4.78, 5) is 41.7. The van der Waals surface area contributed by atoms with Crippen molar-refractivity contribution in [3.05, 3.63) is 107 Å². The molecule has 6 nitrogen and oxygen atoms in total. The molecule has 0 bridgehead atoms. The number of esters is 1. The highest BCUT2D eigenvalue weighted by Gasteiger charge is 2.29. The first-order valence-electron chi connectivity index (χ1n) is 13.3. The maximum atomic E-state index is 13.8. The summed E-state index contributed by atoms with van der Waals surface area (Å²) in [5.74, 6) is -1.18. The molecule has 0 spiro atoms. The van der Waals surface area contributed by atoms with Crippen LogP contribution in [0.5, 0.6) is 0 Å². The number of rotatable bonds is 9. The second-order valence-electron chi connectivity index (χ2n) is 9.57. The number of amides is 2. The number of carbonyl (C=O) groups excluding carboxylic acids is 3. The van der Waals surface area contributed by atoms with Crippen LogP contribution in [0.3, 0.4) is 0 Å². The molecule has 1 fully saturated rings. The van der Waals surface area contributed by atoms with E-state index in [1.807, 2.05) is 42.5 Å². The second-order valence-corrected chi connectivity index (χ2v) is 9.57. The van der Waals surface area contributed by atoms with E-state index in [0.717, 1.165) is 24.0 Å². The van der Waals surface area contributed by atoms with Crippen LogP contribution in [-0.2, 0) is 32.1 Å². The van der Waals surface area contributed by atoms with Crippen LogP contribution in [0.2, 0.25) is 0 Å². The zero-order valence-electron chi connectivity index (χ0n) is 22.1. The number of ether oxygens (including phenoxy) is 1. The fourth-order valence-corrected chi connectivity index (χ4v) is 4.67. The Morgan fingerprint density at radius 3 is 2.49 bits per heavy atom. The largest absolute Gasteiger partial charge is 0.466 e. The number of hydrogen-bond acceptors (Lipinski definition) is 4. The van der Waals surface area contributed by atoms with Crippen molar-refractivity contribution in [1.29, 1.82) is 0 Å². The SMILES string of the molecule is CCOC(=O)C1CCCN(C(=O)Cc2ccc(N(Cc3cccc(F)c3)C(=O)C=Cc3ccccc3)cc2)C1. The van der Waals surface area contributed by atoms with Gasteiger partial charge >= 0.3 is 5.97 Å². The monoisotopic (exact) mass is 528 g/mol. The molecule has 0 radical (unpaired) electrons. The molecule has 1 saturated heterocycles. The predicted molar refractivity (Wildman–Crippen MR) is 149 cm³/mol. The summed E-state index contributed by atoms with van der Waals surface area (Å²) in [6.45, 7) is 3.29. The minimum atomic E-state index is -0.364. The van der Waals surface area contributed by atoms with E-state index in [4.69, 9.17) is 4.74 Å². The summed E-state index contributed by atoms with van der Waals surface area (Å²) in [6, 6.07) is 22.9. The number of benzene rings is 3. The van der Waals surface area contributed by atoms with Crippen LogP contribution in [0.25, 0.3) is 6.08 Å². The molecular formula is C32H33FN2O4. The van der Waals surface area contributed by atoms with E-state index in [1.54, 1.807) is 47.1 Å².